The molecule has 3 aliphatic heterocycles. The number of esters is 1. The van der Waals surface area contributed by atoms with Gasteiger partial charge in [0.2, 0.25) is 5.60 Å². The van der Waals surface area contributed by atoms with Gasteiger partial charge in [0.1, 0.15) is 0 Å². The van der Waals surface area contributed by atoms with Gasteiger partial charge in [-0.25, -0.2) is 9.79 Å². The Bertz CT molecular complexity index is 1430. The van der Waals surface area contributed by atoms with Crippen LogP contribution in [0.15, 0.2) is 53.0 Å². The number of ether oxygens (including phenoxy) is 1. The lowest BCUT2D eigenvalue weighted by molar-refractivity contribution is -0.162. The van der Waals surface area contributed by atoms with Crippen LogP contribution in [0.3, 0.4) is 0 Å². The highest BCUT2D eigenvalue weighted by Gasteiger charge is 2.61. The van der Waals surface area contributed by atoms with Gasteiger partial charge in [0, 0.05) is 16.5 Å². The fourth-order valence-electron chi connectivity index (χ4n) is 5.81. The number of benzene rings is 2. The maximum absolute atomic E-state index is 13.8. The molecule has 3 aliphatic rings. The molecule has 1 amide bonds. The van der Waals surface area contributed by atoms with E-state index in [2.05, 4.69) is 85.0 Å². The topological polar surface area (TPSA) is 67.8 Å². The van der Waals surface area contributed by atoms with E-state index in [1.807, 2.05) is 32.1 Å². The average Bonchev–Trinajstić information content (AvgIpc) is 2.77. The molecule has 5 rings (SSSR count). The Hall–Kier alpha value is -3.21. The molecule has 5 heteroatoms. The molecule has 1 spiro atoms. The van der Waals surface area contributed by atoms with E-state index in [1.165, 1.54) is 5.56 Å². The second kappa shape index (κ2) is 7.43. The fourth-order valence-corrected chi connectivity index (χ4v) is 5.81. The lowest BCUT2D eigenvalue weighted by Crippen LogP contribution is -2.63. The van der Waals surface area contributed by atoms with Gasteiger partial charge in [-0.3, -0.25) is 4.79 Å². The fraction of sp³-hybridized carbons (Fsp3) is 0.469. The summed E-state index contributed by atoms with van der Waals surface area (Å²) in [5.41, 5.74) is 3.93. The van der Waals surface area contributed by atoms with Crippen LogP contribution >= 0.6 is 0 Å². The molecule has 2 aromatic rings. The van der Waals surface area contributed by atoms with Gasteiger partial charge in [-0.05, 0) is 56.9 Å². The zero-order valence-electron chi connectivity index (χ0n) is 23.7. The molecular formula is C32H38N2O3. The molecule has 0 aliphatic carbocycles. The highest BCUT2D eigenvalue weighted by molar-refractivity contribution is 6.46. The van der Waals surface area contributed by atoms with Gasteiger partial charge in [-0.1, -0.05) is 93.5 Å². The van der Waals surface area contributed by atoms with Crippen LogP contribution in [0.2, 0.25) is 0 Å². The summed E-state index contributed by atoms with van der Waals surface area (Å²) >= 11 is 0. The number of aliphatic imine (C=N–C) groups is 1. The number of nitrogens with zero attached hydrogens (tertiary/aromatic N) is 1. The molecule has 1 atom stereocenters. The van der Waals surface area contributed by atoms with Crippen molar-refractivity contribution in [1.29, 1.82) is 0 Å². The second-order valence-electron chi connectivity index (χ2n) is 13.8. The first-order valence-electron chi connectivity index (χ1n) is 13.1. The smallest absolute Gasteiger partial charge is 0.358 e. The van der Waals surface area contributed by atoms with E-state index in [0.29, 0.717) is 0 Å². The summed E-state index contributed by atoms with van der Waals surface area (Å²) in [6.45, 7) is 21.2. The van der Waals surface area contributed by atoms with Crippen molar-refractivity contribution in [1.82, 2.24) is 0 Å². The number of rotatable bonds is 0. The van der Waals surface area contributed by atoms with Gasteiger partial charge in [0.05, 0.1) is 5.69 Å². The van der Waals surface area contributed by atoms with E-state index in [4.69, 9.17) is 9.73 Å². The van der Waals surface area contributed by atoms with E-state index < -0.39 is 22.4 Å². The number of nitrogens with one attached hydrogen (secondary N) is 1. The summed E-state index contributed by atoms with van der Waals surface area (Å²) < 4.78 is 6.12. The Balaban J connectivity index is 1.73. The molecule has 0 saturated heterocycles. The van der Waals surface area contributed by atoms with Crippen molar-refractivity contribution >= 4 is 29.0 Å². The first-order valence-corrected chi connectivity index (χ1v) is 13.1. The Labute approximate surface area is 220 Å². The van der Waals surface area contributed by atoms with Crippen molar-refractivity contribution in [2.24, 2.45) is 4.99 Å². The molecule has 0 aromatic heterocycles. The van der Waals surface area contributed by atoms with Crippen molar-refractivity contribution in [3.63, 3.8) is 0 Å². The predicted octanol–water partition coefficient (Wildman–Crippen LogP) is 6.80. The Morgan fingerprint density at radius 2 is 1.38 bits per heavy atom. The van der Waals surface area contributed by atoms with E-state index >= 15 is 0 Å². The molecule has 0 bridgehead atoms. The first-order chi connectivity index (χ1) is 16.9. The maximum atomic E-state index is 13.8. The van der Waals surface area contributed by atoms with Crippen LogP contribution in [0, 0.1) is 0 Å². The van der Waals surface area contributed by atoms with Gasteiger partial charge in [0.25, 0.3) is 5.91 Å². The number of anilines is 1. The molecule has 0 radical (unpaired) electrons. The number of carbonyl (C=O) groups is 2. The summed E-state index contributed by atoms with van der Waals surface area (Å²) in [5, 5.41) is 3.05. The van der Waals surface area contributed by atoms with Crippen molar-refractivity contribution in [3.8, 4) is 0 Å². The molecule has 37 heavy (non-hydrogen) atoms. The average molecular weight is 499 g/mol. The van der Waals surface area contributed by atoms with E-state index in [0.717, 1.165) is 33.6 Å². The minimum atomic E-state index is -1.50. The summed E-state index contributed by atoms with van der Waals surface area (Å²) in [4.78, 5) is 32.2. The number of fused-ring (bicyclic) bond motifs is 3. The van der Waals surface area contributed by atoms with Gasteiger partial charge < -0.3 is 10.1 Å². The SMILES string of the molecule is CC(C)(C)c1ccc2c(c1)C(C)(C)C1=CC3(OC(=O)C1=N2)C(=O)Nc1ccc(C(C)(C)C)cc1C3(C)C. The summed E-state index contributed by atoms with van der Waals surface area (Å²) in [7, 11) is 0. The molecular weight excluding hydrogens is 460 g/mol. The van der Waals surface area contributed by atoms with Crippen LogP contribution in [0.1, 0.15) is 91.5 Å². The third-order valence-corrected chi connectivity index (χ3v) is 8.56. The number of hydrogen-bond acceptors (Lipinski definition) is 4. The van der Waals surface area contributed by atoms with Crippen molar-refractivity contribution in [2.45, 2.75) is 96.5 Å². The van der Waals surface area contributed by atoms with Crippen molar-refractivity contribution in [2.75, 3.05) is 5.32 Å². The minimum Gasteiger partial charge on any atom is -0.439 e. The summed E-state index contributed by atoms with van der Waals surface area (Å²) in [6.07, 6.45) is 1.88. The van der Waals surface area contributed by atoms with E-state index in [1.54, 1.807) is 0 Å². The van der Waals surface area contributed by atoms with Crippen LogP contribution in [0.5, 0.6) is 0 Å². The van der Waals surface area contributed by atoms with Gasteiger partial charge in [0.15, 0.2) is 5.71 Å². The van der Waals surface area contributed by atoms with E-state index in [9.17, 15) is 9.59 Å². The van der Waals surface area contributed by atoms with Crippen molar-refractivity contribution < 1.29 is 14.3 Å². The number of amides is 1. The number of hydrogen-bond donors (Lipinski definition) is 1. The highest BCUT2D eigenvalue weighted by Crippen LogP contribution is 2.53. The molecule has 5 nitrogen and oxygen atoms in total. The quantitative estimate of drug-likeness (QED) is 0.406. The minimum absolute atomic E-state index is 0.0318. The third-order valence-electron chi connectivity index (χ3n) is 8.56. The normalized spacial score (nSPS) is 23.7. The first kappa shape index (κ1) is 25.4. The van der Waals surface area contributed by atoms with E-state index in [-0.39, 0.29) is 22.4 Å². The maximum Gasteiger partial charge on any atom is 0.358 e. The Kier molecular flexibility index (Phi) is 5.11. The molecule has 3 heterocycles. The van der Waals surface area contributed by atoms with Crippen LogP contribution in [0.25, 0.3) is 0 Å². The largest absolute Gasteiger partial charge is 0.439 e. The van der Waals surface area contributed by atoms with Crippen molar-refractivity contribution in [3.05, 3.63) is 70.3 Å². The van der Waals surface area contributed by atoms with Gasteiger partial charge >= 0.3 is 5.97 Å². The molecule has 1 N–H and O–H groups in total. The van der Waals surface area contributed by atoms with Crippen LogP contribution in [0.4, 0.5) is 11.4 Å². The summed E-state index contributed by atoms with van der Waals surface area (Å²) in [6, 6.07) is 12.4. The van der Waals surface area contributed by atoms with Crippen LogP contribution in [-0.2, 0) is 36.0 Å². The van der Waals surface area contributed by atoms with Gasteiger partial charge in [-0.15, -0.1) is 0 Å². The van der Waals surface area contributed by atoms with Crippen LogP contribution < -0.4 is 5.32 Å². The Morgan fingerprint density at radius 1 is 0.811 bits per heavy atom. The lowest BCUT2D eigenvalue weighted by atomic mass is 9.61. The zero-order valence-corrected chi connectivity index (χ0v) is 23.7. The molecule has 0 fully saturated rings. The zero-order chi connectivity index (χ0) is 27.3. The lowest BCUT2D eigenvalue weighted by Gasteiger charge is -2.50. The standard InChI is InChI=1S/C32H38N2O3/c1-28(2,3)18-11-13-23-20(15-18)30(7,8)22-17-32(37-26(35)25(22)33-23)27(36)34-24-14-12-19(29(4,5)6)16-21(24)31(32,9)10/h11-17H,1-10H3,(H,34,36). The molecule has 194 valence electrons. The monoisotopic (exact) mass is 498 g/mol. The molecule has 1 unspecified atom stereocenters. The number of carbonyl (C=O) groups excluding carboxylic acids is 2. The summed E-state index contributed by atoms with van der Waals surface area (Å²) in [5.74, 6) is -0.895. The highest BCUT2D eigenvalue weighted by atomic mass is 16.6. The molecule has 0 saturated carbocycles. The Morgan fingerprint density at radius 3 is 1.97 bits per heavy atom. The third kappa shape index (κ3) is 3.53. The molecule has 2 aromatic carbocycles. The van der Waals surface area contributed by atoms with Gasteiger partial charge in [-0.2, -0.15) is 0 Å². The predicted molar refractivity (Wildman–Crippen MR) is 149 cm³/mol. The van der Waals surface area contributed by atoms with Crippen LogP contribution in [-0.4, -0.2) is 23.2 Å². The second-order valence-corrected chi connectivity index (χ2v) is 13.8.